The van der Waals surface area contributed by atoms with Crippen LogP contribution in [0.25, 0.3) is 17.5 Å². The van der Waals surface area contributed by atoms with Gasteiger partial charge in [0, 0.05) is 29.7 Å². The Labute approximate surface area is 164 Å². The van der Waals surface area contributed by atoms with Crippen molar-refractivity contribution in [2.45, 2.75) is 20.0 Å². The third kappa shape index (κ3) is 5.01. The van der Waals surface area contributed by atoms with Crippen LogP contribution in [0.4, 0.5) is 5.69 Å². The number of nitrogens with zero attached hydrogens (tertiary/aromatic N) is 1. The summed E-state index contributed by atoms with van der Waals surface area (Å²) in [5.74, 6) is 1.88. The zero-order valence-electron chi connectivity index (χ0n) is 16.1. The van der Waals surface area contributed by atoms with E-state index in [4.69, 9.17) is 9.47 Å². The molecule has 3 aromatic rings. The third-order valence-corrected chi connectivity index (χ3v) is 3.90. The van der Waals surface area contributed by atoms with Crippen LogP contribution in [0, 0.1) is 0 Å². The van der Waals surface area contributed by atoms with E-state index in [1.54, 1.807) is 25.6 Å². The molecule has 1 aromatic heterocycles. The number of amides is 1. The predicted octanol–water partition coefficient (Wildman–Crippen LogP) is 4.52. The molecule has 0 radical (unpaired) electrons. The second-order valence-corrected chi connectivity index (χ2v) is 6.41. The van der Waals surface area contributed by atoms with Crippen LogP contribution < -0.4 is 14.8 Å². The normalized spacial score (nSPS) is 11.0. The minimum atomic E-state index is -0.216. The smallest absolute Gasteiger partial charge is 0.248 e. The lowest BCUT2D eigenvalue weighted by molar-refractivity contribution is -0.111. The molecule has 0 fully saturated rings. The monoisotopic (exact) mass is 377 g/mol. The lowest BCUT2D eigenvalue weighted by atomic mass is 10.1. The molecule has 0 aliphatic heterocycles. The molecule has 6 heteroatoms. The summed E-state index contributed by atoms with van der Waals surface area (Å²) in [4.78, 5) is 19.4. The molecule has 2 N–H and O–H groups in total. The second kappa shape index (κ2) is 8.90. The van der Waals surface area contributed by atoms with Crippen LogP contribution in [0.15, 0.2) is 60.9 Å². The van der Waals surface area contributed by atoms with Gasteiger partial charge in [-0.05, 0) is 61.9 Å². The van der Waals surface area contributed by atoms with Crippen molar-refractivity contribution < 1.29 is 14.3 Å². The molecule has 3 rings (SSSR count). The topological polar surface area (TPSA) is 76.2 Å². The number of imidazole rings is 1. The van der Waals surface area contributed by atoms with Gasteiger partial charge in [0.25, 0.3) is 0 Å². The number of H-pyrrole nitrogens is 1. The van der Waals surface area contributed by atoms with Crippen molar-refractivity contribution in [3.63, 3.8) is 0 Å². The summed E-state index contributed by atoms with van der Waals surface area (Å²) in [6.07, 6.45) is 6.74. The number of carbonyl (C=O) groups excluding carboxylic acids is 1. The van der Waals surface area contributed by atoms with Gasteiger partial charge in [0.05, 0.1) is 13.2 Å². The largest absolute Gasteiger partial charge is 0.493 e. The standard InChI is InChI=1S/C22H23N3O3/c1-15(2)28-19-10-4-16(14-20(19)27-3)5-11-21(26)25-18-8-6-17(7-9-18)22-23-12-13-24-22/h4-15H,1-3H3,(H,23,24)(H,25,26). The van der Waals surface area contributed by atoms with E-state index in [1.165, 1.54) is 6.08 Å². The summed E-state index contributed by atoms with van der Waals surface area (Å²) in [6, 6.07) is 13.0. The van der Waals surface area contributed by atoms with Crippen LogP contribution in [-0.4, -0.2) is 29.1 Å². The summed E-state index contributed by atoms with van der Waals surface area (Å²) >= 11 is 0. The Kier molecular flexibility index (Phi) is 6.11. The Hall–Kier alpha value is -3.54. The fourth-order valence-corrected chi connectivity index (χ4v) is 2.63. The van der Waals surface area contributed by atoms with Gasteiger partial charge < -0.3 is 19.8 Å². The average molecular weight is 377 g/mol. The van der Waals surface area contributed by atoms with Crippen molar-refractivity contribution in [1.82, 2.24) is 9.97 Å². The Morgan fingerprint density at radius 3 is 2.57 bits per heavy atom. The maximum Gasteiger partial charge on any atom is 0.248 e. The van der Waals surface area contributed by atoms with E-state index in [-0.39, 0.29) is 12.0 Å². The lowest BCUT2D eigenvalue weighted by Crippen LogP contribution is -2.07. The molecule has 1 heterocycles. The van der Waals surface area contributed by atoms with Gasteiger partial charge in [0.1, 0.15) is 5.82 Å². The zero-order chi connectivity index (χ0) is 19.9. The van der Waals surface area contributed by atoms with Gasteiger partial charge in [-0.3, -0.25) is 4.79 Å². The molecule has 0 aliphatic rings. The Bertz CT molecular complexity index is 946. The Morgan fingerprint density at radius 1 is 1.14 bits per heavy atom. The summed E-state index contributed by atoms with van der Waals surface area (Å²) in [5.41, 5.74) is 2.51. The van der Waals surface area contributed by atoms with Crippen molar-refractivity contribution in [1.29, 1.82) is 0 Å². The molecule has 144 valence electrons. The van der Waals surface area contributed by atoms with Crippen molar-refractivity contribution in [2.24, 2.45) is 0 Å². The summed E-state index contributed by atoms with van der Waals surface area (Å²) in [5, 5.41) is 2.84. The molecule has 1 amide bonds. The van der Waals surface area contributed by atoms with Crippen molar-refractivity contribution in [3.05, 3.63) is 66.5 Å². The van der Waals surface area contributed by atoms with Crippen LogP contribution >= 0.6 is 0 Å². The van der Waals surface area contributed by atoms with Crippen LogP contribution in [0.3, 0.4) is 0 Å². The molecule has 0 saturated carbocycles. The zero-order valence-corrected chi connectivity index (χ0v) is 16.1. The Balaban J connectivity index is 1.63. The van der Waals surface area contributed by atoms with E-state index in [9.17, 15) is 4.79 Å². The molecule has 2 aromatic carbocycles. The van der Waals surface area contributed by atoms with Crippen molar-refractivity contribution in [3.8, 4) is 22.9 Å². The highest BCUT2D eigenvalue weighted by atomic mass is 16.5. The van der Waals surface area contributed by atoms with Crippen LogP contribution in [0.2, 0.25) is 0 Å². The number of carbonyl (C=O) groups is 1. The third-order valence-electron chi connectivity index (χ3n) is 3.90. The fourth-order valence-electron chi connectivity index (χ4n) is 2.63. The molecule has 0 spiro atoms. The maximum absolute atomic E-state index is 12.2. The van der Waals surface area contributed by atoms with E-state index in [2.05, 4.69) is 15.3 Å². The van der Waals surface area contributed by atoms with E-state index < -0.39 is 0 Å². The molecule has 0 aliphatic carbocycles. The average Bonchev–Trinajstić information content (AvgIpc) is 3.22. The molecule has 0 unspecified atom stereocenters. The highest BCUT2D eigenvalue weighted by Gasteiger charge is 2.07. The van der Waals surface area contributed by atoms with Crippen LogP contribution in [0.1, 0.15) is 19.4 Å². The first-order chi connectivity index (χ1) is 13.5. The molecule has 28 heavy (non-hydrogen) atoms. The number of aromatic nitrogens is 2. The molecule has 0 bridgehead atoms. The number of methoxy groups -OCH3 is 1. The van der Waals surface area contributed by atoms with Gasteiger partial charge in [0.2, 0.25) is 5.91 Å². The second-order valence-electron chi connectivity index (χ2n) is 6.41. The van der Waals surface area contributed by atoms with Gasteiger partial charge in [0.15, 0.2) is 11.5 Å². The molecular weight excluding hydrogens is 354 g/mol. The number of anilines is 1. The molecule has 6 nitrogen and oxygen atoms in total. The van der Waals surface area contributed by atoms with Crippen LogP contribution in [-0.2, 0) is 4.79 Å². The van der Waals surface area contributed by atoms with Crippen molar-refractivity contribution in [2.75, 3.05) is 12.4 Å². The minimum Gasteiger partial charge on any atom is -0.493 e. The van der Waals surface area contributed by atoms with E-state index in [1.807, 2.05) is 56.3 Å². The molecule has 0 saturated heterocycles. The fraction of sp³-hybridized carbons (Fsp3) is 0.182. The van der Waals surface area contributed by atoms with Gasteiger partial charge in [-0.1, -0.05) is 6.07 Å². The van der Waals surface area contributed by atoms with Crippen LogP contribution in [0.5, 0.6) is 11.5 Å². The maximum atomic E-state index is 12.2. The van der Waals surface area contributed by atoms with Gasteiger partial charge in [-0.15, -0.1) is 0 Å². The first kappa shape index (κ1) is 19.2. The first-order valence-corrected chi connectivity index (χ1v) is 8.98. The van der Waals surface area contributed by atoms with E-state index in [0.29, 0.717) is 17.2 Å². The van der Waals surface area contributed by atoms with E-state index in [0.717, 1.165) is 17.0 Å². The highest BCUT2D eigenvalue weighted by Crippen LogP contribution is 2.29. The minimum absolute atomic E-state index is 0.0558. The summed E-state index contributed by atoms with van der Waals surface area (Å²) in [6.45, 7) is 3.91. The number of aromatic amines is 1. The lowest BCUT2D eigenvalue weighted by Gasteiger charge is -2.13. The van der Waals surface area contributed by atoms with Gasteiger partial charge >= 0.3 is 0 Å². The number of ether oxygens (including phenoxy) is 2. The SMILES string of the molecule is COc1cc(C=CC(=O)Nc2ccc(-c3ncc[nH]3)cc2)ccc1OC(C)C. The first-order valence-electron chi connectivity index (χ1n) is 8.98. The Morgan fingerprint density at radius 2 is 1.93 bits per heavy atom. The number of nitrogens with one attached hydrogen (secondary N) is 2. The number of rotatable bonds is 7. The number of benzene rings is 2. The van der Waals surface area contributed by atoms with E-state index >= 15 is 0 Å². The molecule has 0 atom stereocenters. The number of hydrogen-bond donors (Lipinski definition) is 2. The predicted molar refractivity (Wildman–Crippen MR) is 110 cm³/mol. The summed E-state index contributed by atoms with van der Waals surface area (Å²) in [7, 11) is 1.59. The summed E-state index contributed by atoms with van der Waals surface area (Å²) < 4.78 is 11.1. The number of hydrogen-bond acceptors (Lipinski definition) is 4. The van der Waals surface area contributed by atoms with Gasteiger partial charge in [-0.25, -0.2) is 4.98 Å². The van der Waals surface area contributed by atoms with Gasteiger partial charge in [-0.2, -0.15) is 0 Å². The quantitative estimate of drug-likeness (QED) is 0.594. The molecular formula is C22H23N3O3. The van der Waals surface area contributed by atoms with Crippen molar-refractivity contribution >= 4 is 17.7 Å². The highest BCUT2D eigenvalue weighted by molar-refractivity contribution is 6.02.